The number of benzene rings is 1. The number of nitrogens with zero attached hydrogens (tertiary/aromatic N) is 4. The van der Waals surface area contributed by atoms with Crippen molar-refractivity contribution >= 4 is 0 Å². The first-order valence-electron chi connectivity index (χ1n) is 12.3. The predicted octanol–water partition coefficient (Wildman–Crippen LogP) is 4.46. The Hall–Kier alpha value is -3.32. The van der Waals surface area contributed by atoms with Gasteiger partial charge in [0.25, 0.3) is 0 Å². The molecular weight excluding hydrogens is 493 g/mol. The number of aromatic nitrogens is 3. The van der Waals surface area contributed by atoms with Gasteiger partial charge in [0.2, 0.25) is 5.82 Å². The lowest BCUT2D eigenvalue weighted by Gasteiger charge is -2.55. The highest BCUT2D eigenvalue weighted by Crippen LogP contribution is 2.50. The standard InChI is InChI=1S/C29H31F3N4O2/c1-19(2)21-6-8-22(9-7-21)28(38,26(3)17-36(5)18-26)23-14-20(15-33-16-23)10-12-27(4,37)24-11-13-34-25(35-24)29(30,31)32/h6-9,11,13-16,19,37-38H,17-18H2,1-5H3/t27?,28-/m0/s1. The molecule has 1 aromatic carbocycles. The van der Waals surface area contributed by atoms with Crippen molar-refractivity contribution in [1.29, 1.82) is 0 Å². The Kier molecular flexibility index (Phi) is 7.12. The van der Waals surface area contributed by atoms with Crippen LogP contribution in [0, 0.1) is 17.3 Å². The molecule has 1 aliphatic heterocycles. The zero-order chi connectivity index (χ0) is 27.9. The monoisotopic (exact) mass is 524 g/mol. The van der Waals surface area contributed by atoms with Crippen LogP contribution in [0.25, 0.3) is 0 Å². The molecule has 9 heteroatoms. The fraction of sp³-hybridized carbons (Fsp3) is 0.414. The van der Waals surface area contributed by atoms with E-state index in [2.05, 4.69) is 45.5 Å². The molecule has 2 aromatic heterocycles. The Balaban J connectivity index is 1.73. The van der Waals surface area contributed by atoms with E-state index in [4.69, 9.17) is 0 Å². The van der Waals surface area contributed by atoms with E-state index in [1.165, 1.54) is 19.2 Å². The van der Waals surface area contributed by atoms with E-state index in [1.807, 2.05) is 38.2 Å². The molecular formula is C29H31F3N4O2. The van der Waals surface area contributed by atoms with E-state index in [1.54, 1.807) is 12.3 Å². The Morgan fingerprint density at radius 1 is 1.03 bits per heavy atom. The van der Waals surface area contributed by atoms with E-state index in [-0.39, 0.29) is 5.69 Å². The molecule has 0 aliphatic carbocycles. The van der Waals surface area contributed by atoms with Gasteiger partial charge in [-0.15, -0.1) is 0 Å². The first-order chi connectivity index (χ1) is 17.7. The van der Waals surface area contributed by atoms with Gasteiger partial charge in [-0.2, -0.15) is 13.2 Å². The van der Waals surface area contributed by atoms with Crippen molar-refractivity contribution in [2.24, 2.45) is 5.41 Å². The minimum Gasteiger partial charge on any atom is -0.380 e. The van der Waals surface area contributed by atoms with Crippen LogP contribution in [0.5, 0.6) is 0 Å². The first-order valence-corrected chi connectivity index (χ1v) is 12.3. The van der Waals surface area contributed by atoms with Crippen molar-refractivity contribution in [2.45, 2.75) is 51.0 Å². The molecule has 38 heavy (non-hydrogen) atoms. The minimum absolute atomic E-state index is 0.275. The second-order valence-corrected chi connectivity index (χ2v) is 10.8. The topological polar surface area (TPSA) is 82.4 Å². The third-order valence-corrected chi connectivity index (χ3v) is 7.12. The third-order valence-electron chi connectivity index (χ3n) is 7.12. The maximum Gasteiger partial charge on any atom is 0.451 e. The van der Waals surface area contributed by atoms with Crippen molar-refractivity contribution in [2.75, 3.05) is 20.1 Å². The molecule has 0 spiro atoms. The Morgan fingerprint density at radius 3 is 2.26 bits per heavy atom. The van der Waals surface area contributed by atoms with Gasteiger partial charge in [-0.1, -0.05) is 56.9 Å². The van der Waals surface area contributed by atoms with E-state index in [0.29, 0.717) is 30.1 Å². The second-order valence-electron chi connectivity index (χ2n) is 10.8. The first kappa shape index (κ1) is 27.7. The van der Waals surface area contributed by atoms with Crippen LogP contribution < -0.4 is 0 Å². The molecule has 1 unspecified atom stereocenters. The SMILES string of the molecule is CC(C)c1ccc([C@](O)(c2cncc(C#CC(C)(O)c3ccnc(C(F)(F)F)n3)c2)C2(C)CN(C)C2)cc1. The summed E-state index contributed by atoms with van der Waals surface area (Å²) in [6, 6.07) is 10.8. The number of likely N-dealkylation sites (tertiary alicyclic amines) is 1. The molecule has 200 valence electrons. The van der Waals surface area contributed by atoms with Crippen LogP contribution in [0.15, 0.2) is 55.0 Å². The Labute approximate surface area is 220 Å². The molecule has 1 saturated heterocycles. The molecule has 3 heterocycles. The number of rotatable bonds is 5. The molecule has 4 rings (SSSR count). The smallest absolute Gasteiger partial charge is 0.380 e. The van der Waals surface area contributed by atoms with E-state index < -0.39 is 28.6 Å². The van der Waals surface area contributed by atoms with Gasteiger partial charge in [0.1, 0.15) is 5.60 Å². The fourth-order valence-corrected chi connectivity index (χ4v) is 5.08. The zero-order valence-electron chi connectivity index (χ0n) is 22.0. The fourth-order valence-electron chi connectivity index (χ4n) is 5.08. The maximum atomic E-state index is 13.0. The van der Waals surface area contributed by atoms with Crippen LogP contribution >= 0.6 is 0 Å². The lowest BCUT2D eigenvalue weighted by atomic mass is 9.62. The lowest BCUT2D eigenvalue weighted by Crippen LogP contribution is -2.63. The average molecular weight is 525 g/mol. The summed E-state index contributed by atoms with van der Waals surface area (Å²) in [4.78, 5) is 13.1. The Morgan fingerprint density at radius 2 is 1.68 bits per heavy atom. The normalized spacial score (nSPS) is 18.6. The Bertz CT molecular complexity index is 1370. The number of hydrogen-bond acceptors (Lipinski definition) is 6. The quantitative estimate of drug-likeness (QED) is 0.480. The van der Waals surface area contributed by atoms with Gasteiger partial charge < -0.3 is 15.1 Å². The summed E-state index contributed by atoms with van der Waals surface area (Å²) < 4.78 is 39.1. The molecule has 2 atom stereocenters. The van der Waals surface area contributed by atoms with Crippen molar-refractivity contribution < 1.29 is 23.4 Å². The van der Waals surface area contributed by atoms with Gasteiger partial charge in [0.05, 0.1) is 5.69 Å². The van der Waals surface area contributed by atoms with Gasteiger partial charge in [0, 0.05) is 48.2 Å². The summed E-state index contributed by atoms with van der Waals surface area (Å²) in [5, 5.41) is 23.1. The van der Waals surface area contributed by atoms with Gasteiger partial charge in [-0.25, -0.2) is 9.97 Å². The summed E-state index contributed by atoms with van der Waals surface area (Å²) in [5.74, 6) is 4.39. The number of aliphatic hydroxyl groups is 2. The van der Waals surface area contributed by atoms with Crippen LogP contribution in [-0.2, 0) is 17.4 Å². The van der Waals surface area contributed by atoms with Crippen molar-refractivity contribution in [1.82, 2.24) is 19.9 Å². The van der Waals surface area contributed by atoms with Crippen molar-refractivity contribution in [3.63, 3.8) is 0 Å². The number of pyridine rings is 1. The van der Waals surface area contributed by atoms with Crippen molar-refractivity contribution in [3.05, 3.63) is 88.8 Å². The molecule has 0 bridgehead atoms. The van der Waals surface area contributed by atoms with Crippen LogP contribution in [0.1, 0.15) is 67.4 Å². The van der Waals surface area contributed by atoms with Crippen LogP contribution in [0.3, 0.4) is 0 Å². The molecule has 1 fully saturated rings. The molecule has 0 amide bonds. The molecule has 0 radical (unpaired) electrons. The van der Waals surface area contributed by atoms with Crippen LogP contribution in [0.4, 0.5) is 13.2 Å². The highest BCUT2D eigenvalue weighted by molar-refractivity contribution is 5.45. The van der Waals surface area contributed by atoms with Gasteiger partial charge in [0.15, 0.2) is 5.60 Å². The second kappa shape index (κ2) is 9.77. The number of halogens is 3. The molecule has 6 nitrogen and oxygen atoms in total. The van der Waals surface area contributed by atoms with Crippen LogP contribution in [-0.4, -0.2) is 50.2 Å². The summed E-state index contributed by atoms with van der Waals surface area (Å²) in [6.07, 6.45) is -0.736. The summed E-state index contributed by atoms with van der Waals surface area (Å²) in [7, 11) is 1.99. The summed E-state index contributed by atoms with van der Waals surface area (Å²) in [6.45, 7) is 8.83. The van der Waals surface area contributed by atoms with Crippen LogP contribution in [0.2, 0.25) is 0 Å². The van der Waals surface area contributed by atoms with E-state index >= 15 is 0 Å². The molecule has 2 N–H and O–H groups in total. The predicted molar refractivity (Wildman–Crippen MR) is 137 cm³/mol. The number of alkyl halides is 3. The maximum absolute atomic E-state index is 13.0. The summed E-state index contributed by atoms with van der Waals surface area (Å²) >= 11 is 0. The molecule has 3 aromatic rings. The van der Waals surface area contributed by atoms with E-state index in [0.717, 1.165) is 17.3 Å². The highest BCUT2D eigenvalue weighted by Gasteiger charge is 2.55. The van der Waals surface area contributed by atoms with Crippen molar-refractivity contribution in [3.8, 4) is 11.8 Å². The van der Waals surface area contributed by atoms with E-state index in [9.17, 15) is 23.4 Å². The summed E-state index contributed by atoms with van der Waals surface area (Å²) in [5.41, 5.74) is -1.32. The minimum atomic E-state index is -4.75. The molecule has 0 saturated carbocycles. The number of hydrogen-bond donors (Lipinski definition) is 2. The van der Waals surface area contributed by atoms with Gasteiger partial charge in [-0.3, -0.25) is 4.98 Å². The van der Waals surface area contributed by atoms with Gasteiger partial charge >= 0.3 is 6.18 Å². The van der Waals surface area contributed by atoms with Gasteiger partial charge in [-0.05, 0) is 43.1 Å². The third kappa shape index (κ3) is 5.17. The largest absolute Gasteiger partial charge is 0.451 e. The highest BCUT2D eigenvalue weighted by atomic mass is 19.4. The lowest BCUT2D eigenvalue weighted by molar-refractivity contribution is -0.145. The molecule has 1 aliphatic rings. The average Bonchev–Trinajstić information content (AvgIpc) is 2.86. The zero-order valence-corrected chi connectivity index (χ0v) is 22.0.